The Balaban J connectivity index is 2.10. The second kappa shape index (κ2) is 4.82. The van der Waals surface area contributed by atoms with Gasteiger partial charge in [0.1, 0.15) is 11.6 Å². The van der Waals surface area contributed by atoms with Crippen LogP contribution in [0.4, 0.5) is 11.5 Å². The van der Waals surface area contributed by atoms with Crippen molar-refractivity contribution in [2.45, 2.75) is 20.4 Å². The molecule has 2 aromatic rings. The Bertz CT molecular complexity index is 523. The molecule has 0 aliphatic rings. The Labute approximate surface area is 101 Å². The van der Waals surface area contributed by atoms with E-state index in [1.165, 1.54) is 5.56 Å². The van der Waals surface area contributed by atoms with Gasteiger partial charge in [-0.3, -0.25) is 0 Å². The molecule has 0 radical (unpaired) electrons. The highest BCUT2D eigenvalue weighted by atomic mass is 15.0. The first-order chi connectivity index (χ1) is 8.16. The van der Waals surface area contributed by atoms with E-state index in [1.54, 1.807) is 6.20 Å². The number of nitrogen functional groups attached to an aromatic ring is 1. The molecule has 2 rings (SSSR count). The van der Waals surface area contributed by atoms with Crippen molar-refractivity contribution in [1.29, 1.82) is 0 Å². The van der Waals surface area contributed by atoms with Gasteiger partial charge in [0.15, 0.2) is 0 Å². The summed E-state index contributed by atoms with van der Waals surface area (Å²) in [6.45, 7) is 4.61. The minimum atomic E-state index is 0.716. The monoisotopic (exact) mass is 228 g/mol. The van der Waals surface area contributed by atoms with Crippen molar-refractivity contribution >= 4 is 11.5 Å². The van der Waals surface area contributed by atoms with Crippen LogP contribution in [0.2, 0.25) is 0 Å². The van der Waals surface area contributed by atoms with Crippen LogP contribution in [-0.2, 0) is 6.54 Å². The maximum atomic E-state index is 5.86. The zero-order chi connectivity index (χ0) is 12.3. The van der Waals surface area contributed by atoms with Crippen molar-refractivity contribution in [2.75, 3.05) is 11.1 Å². The largest absolute Gasteiger partial charge is 0.399 e. The Hall–Kier alpha value is -2.10. The van der Waals surface area contributed by atoms with E-state index < -0.39 is 0 Å². The number of aryl methyl sites for hydroxylation is 1. The van der Waals surface area contributed by atoms with E-state index in [0.29, 0.717) is 6.54 Å². The van der Waals surface area contributed by atoms with Crippen LogP contribution in [0.3, 0.4) is 0 Å². The molecule has 0 atom stereocenters. The van der Waals surface area contributed by atoms with Gasteiger partial charge in [-0.15, -0.1) is 0 Å². The topological polar surface area (TPSA) is 63.8 Å². The summed E-state index contributed by atoms with van der Waals surface area (Å²) in [4.78, 5) is 8.34. The van der Waals surface area contributed by atoms with E-state index in [0.717, 1.165) is 22.9 Å². The molecule has 0 saturated carbocycles. The quantitative estimate of drug-likeness (QED) is 0.791. The molecule has 1 aromatic heterocycles. The molecule has 0 aliphatic heterocycles. The Morgan fingerprint density at radius 2 is 2.06 bits per heavy atom. The first kappa shape index (κ1) is 11.4. The number of hydrogen-bond acceptors (Lipinski definition) is 4. The summed E-state index contributed by atoms with van der Waals surface area (Å²) in [7, 11) is 0. The molecule has 0 spiro atoms. The minimum Gasteiger partial charge on any atom is -0.399 e. The molecule has 17 heavy (non-hydrogen) atoms. The lowest BCUT2D eigenvalue weighted by Gasteiger charge is -2.10. The Morgan fingerprint density at radius 3 is 2.82 bits per heavy atom. The molecule has 4 heteroatoms. The summed E-state index contributed by atoms with van der Waals surface area (Å²) >= 11 is 0. The molecule has 1 heterocycles. The smallest absolute Gasteiger partial charge is 0.129 e. The lowest BCUT2D eigenvalue weighted by molar-refractivity contribution is 1.02. The molecule has 0 aliphatic carbocycles. The third-order valence-corrected chi connectivity index (χ3v) is 2.72. The average Bonchev–Trinajstić information content (AvgIpc) is 2.31. The third-order valence-electron chi connectivity index (χ3n) is 2.72. The standard InChI is InChI=1S/C13H16N4/c1-9-11(4-3-5-12(9)14)8-16-13-6-7-15-10(2)17-13/h3-7H,8,14H2,1-2H3,(H,15,16,17). The van der Waals surface area contributed by atoms with Crippen molar-refractivity contribution in [1.82, 2.24) is 9.97 Å². The molecule has 0 saturated heterocycles. The summed E-state index contributed by atoms with van der Waals surface area (Å²) < 4.78 is 0. The van der Waals surface area contributed by atoms with Crippen molar-refractivity contribution in [3.63, 3.8) is 0 Å². The zero-order valence-electron chi connectivity index (χ0n) is 10.1. The van der Waals surface area contributed by atoms with Gasteiger partial charge in [-0.25, -0.2) is 9.97 Å². The molecule has 0 amide bonds. The van der Waals surface area contributed by atoms with Crippen LogP contribution in [-0.4, -0.2) is 9.97 Å². The highest BCUT2D eigenvalue weighted by molar-refractivity contribution is 5.51. The fourth-order valence-electron chi connectivity index (χ4n) is 1.64. The van der Waals surface area contributed by atoms with Crippen LogP contribution >= 0.6 is 0 Å². The lowest BCUT2D eigenvalue weighted by Crippen LogP contribution is -2.05. The molecule has 4 nitrogen and oxygen atoms in total. The van der Waals surface area contributed by atoms with E-state index in [-0.39, 0.29) is 0 Å². The second-order valence-electron chi connectivity index (χ2n) is 3.97. The normalized spacial score (nSPS) is 10.2. The zero-order valence-corrected chi connectivity index (χ0v) is 10.1. The van der Waals surface area contributed by atoms with Gasteiger partial charge in [-0.05, 0) is 37.1 Å². The Morgan fingerprint density at radius 1 is 1.24 bits per heavy atom. The molecular weight excluding hydrogens is 212 g/mol. The van der Waals surface area contributed by atoms with E-state index >= 15 is 0 Å². The summed E-state index contributed by atoms with van der Waals surface area (Å²) in [5, 5.41) is 3.26. The predicted octanol–water partition coefficient (Wildman–Crippen LogP) is 2.29. The van der Waals surface area contributed by atoms with Crippen LogP contribution in [0.5, 0.6) is 0 Å². The van der Waals surface area contributed by atoms with E-state index in [4.69, 9.17) is 5.73 Å². The number of anilines is 2. The van der Waals surface area contributed by atoms with Crippen molar-refractivity contribution in [3.8, 4) is 0 Å². The number of rotatable bonds is 3. The van der Waals surface area contributed by atoms with Gasteiger partial charge in [0, 0.05) is 18.4 Å². The fraction of sp³-hybridized carbons (Fsp3) is 0.231. The van der Waals surface area contributed by atoms with Gasteiger partial charge in [0.25, 0.3) is 0 Å². The van der Waals surface area contributed by atoms with Crippen LogP contribution in [0.25, 0.3) is 0 Å². The average molecular weight is 228 g/mol. The Kier molecular flexibility index (Phi) is 3.23. The number of nitrogens with one attached hydrogen (secondary N) is 1. The SMILES string of the molecule is Cc1nccc(NCc2cccc(N)c2C)n1. The van der Waals surface area contributed by atoms with Crippen LogP contribution in [0.1, 0.15) is 17.0 Å². The van der Waals surface area contributed by atoms with Crippen molar-refractivity contribution in [2.24, 2.45) is 0 Å². The van der Waals surface area contributed by atoms with Crippen molar-refractivity contribution in [3.05, 3.63) is 47.4 Å². The van der Waals surface area contributed by atoms with Gasteiger partial charge >= 0.3 is 0 Å². The predicted molar refractivity (Wildman–Crippen MR) is 69.7 cm³/mol. The number of hydrogen-bond donors (Lipinski definition) is 2. The van der Waals surface area contributed by atoms with Gasteiger partial charge in [0.2, 0.25) is 0 Å². The lowest BCUT2D eigenvalue weighted by atomic mass is 10.1. The van der Waals surface area contributed by atoms with Gasteiger partial charge < -0.3 is 11.1 Å². The highest BCUT2D eigenvalue weighted by Gasteiger charge is 2.01. The van der Waals surface area contributed by atoms with Gasteiger partial charge in [-0.2, -0.15) is 0 Å². The molecule has 88 valence electrons. The summed E-state index contributed by atoms with van der Waals surface area (Å²) in [5.41, 5.74) is 8.98. The number of nitrogens with two attached hydrogens (primary N) is 1. The maximum absolute atomic E-state index is 5.86. The van der Waals surface area contributed by atoms with Crippen LogP contribution < -0.4 is 11.1 Å². The molecular formula is C13H16N4. The first-order valence-electron chi connectivity index (χ1n) is 5.54. The van der Waals surface area contributed by atoms with E-state index in [1.807, 2.05) is 32.0 Å². The molecule has 0 unspecified atom stereocenters. The van der Waals surface area contributed by atoms with E-state index in [9.17, 15) is 0 Å². The maximum Gasteiger partial charge on any atom is 0.129 e. The summed E-state index contributed by atoms with van der Waals surface area (Å²) in [5.74, 6) is 1.60. The number of aromatic nitrogens is 2. The molecule has 1 aromatic carbocycles. The van der Waals surface area contributed by atoms with E-state index in [2.05, 4.69) is 21.4 Å². The second-order valence-corrected chi connectivity index (χ2v) is 3.97. The highest BCUT2D eigenvalue weighted by Crippen LogP contribution is 2.16. The third kappa shape index (κ3) is 2.72. The van der Waals surface area contributed by atoms with Gasteiger partial charge in [-0.1, -0.05) is 12.1 Å². The molecule has 0 bridgehead atoms. The van der Waals surface area contributed by atoms with Crippen LogP contribution in [0, 0.1) is 13.8 Å². The number of benzene rings is 1. The minimum absolute atomic E-state index is 0.716. The number of nitrogens with zero attached hydrogens (tertiary/aromatic N) is 2. The van der Waals surface area contributed by atoms with Crippen molar-refractivity contribution < 1.29 is 0 Å². The van der Waals surface area contributed by atoms with Crippen LogP contribution in [0.15, 0.2) is 30.5 Å². The molecule has 3 N–H and O–H groups in total. The fourth-order valence-corrected chi connectivity index (χ4v) is 1.64. The summed E-state index contributed by atoms with van der Waals surface area (Å²) in [6, 6.07) is 7.79. The first-order valence-corrected chi connectivity index (χ1v) is 5.54. The summed E-state index contributed by atoms with van der Waals surface area (Å²) in [6.07, 6.45) is 1.75. The molecule has 0 fully saturated rings. The van der Waals surface area contributed by atoms with Gasteiger partial charge in [0.05, 0.1) is 0 Å².